The molecule has 0 unspecified atom stereocenters. The van der Waals surface area contributed by atoms with E-state index >= 15 is 0 Å². The Morgan fingerprint density at radius 2 is 1.91 bits per heavy atom. The topological polar surface area (TPSA) is 83.0 Å². The molecule has 0 aliphatic carbocycles. The quantitative estimate of drug-likeness (QED) is 0.671. The van der Waals surface area contributed by atoms with E-state index < -0.39 is 23.0 Å². The first-order chi connectivity index (χ1) is 15.1. The highest BCUT2D eigenvalue weighted by Crippen LogP contribution is 2.35. The molecule has 0 saturated carbocycles. The molecule has 11 heteroatoms. The van der Waals surface area contributed by atoms with E-state index in [0.29, 0.717) is 12.2 Å². The van der Waals surface area contributed by atoms with Gasteiger partial charge in [-0.15, -0.1) is 0 Å². The van der Waals surface area contributed by atoms with Crippen molar-refractivity contribution in [2.24, 2.45) is 10.1 Å². The molecule has 2 aromatic rings. The van der Waals surface area contributed by atoms with Gasteiger partial charge >= 0.3 is 6.18 Å². The molecule has 2 aliphatic heterocycles. The van der Waals surface area contributed by atoms with Crippen molar-refractivity contribution in [3.8, 4) is 11.4 Å². The van der Waals surface area contributed by atoms with Crippen molar-refractivity contribution in [3.05, 3.63) is 52.9 Å². The number of aliphatic imine (C=N–C) groups is 1. The average molecular weight is 461 g/mol. The van der Waals surface area contributed by atoms with Crippen molar-refractivity contribution in [2.45, 2.75) is 26.9 Å². The lowest BCUT2D eigenvalue weighted by Gasteiger charge is -2.20. The summed E-state index contributed by atoms with van der Waals surface area (Å²) in [6.07, 6.45) is -3.22. The summed E-state index contributed by atoms with van der Waals surface area (Å²) in [6, 6.07) is 9.35. The van der Waals surface area contributed by atoms with Crippen LogP contribution in [0, 0.1) is 19.3 Å². The maximum absolute atomic E-state index is 13.0. The molecular weight excluding hydrogens is 443 g/mol. The Labute approximate surface area is 185 Å². The van der Waals surface area contributed by atoms with Gasteiger partial charge in [0.15, 0.2) is 5.84 Å². The molecule has 0 spiro atoms. The van der Waals surface area contributed by atoms with Gasteiger partial charge in [0.2, 0.25) is 10.2 Å². The summed E-state index contributed by atoms with van der Waals surface area (Å²) >= 11 is 0.227. The predicted octanol–water partition coefficient (Wildman–Crippen LogP) is 4.67. The molecule has 166 valence electrons. The fourth-order valence-corrected chi connectivity index (χ4v) is 4.21. The second kappa shape index (κ2) is 7.97. The minimum Gasteiger partial charge on any atom is -0.494 e. The highest BCUT2D eigenvalue weighted by atomic mass is 32.2. The molecule has 1 amide bonds. The Kier molecular flexibility index (Phi) is 5.45. The van der Waals surface area contributed by atoms with Crippen LogP contribution in [0.5, 0.6) is 5.75 Å². The van der Waals surface area contributed by atoms with Crippen LogP contribution in [0.3, 0.4) is 0 Å². The van der Waals surface area contributed by atoms with Crippen molar-refractivity contribution < 1.29 is 22.7 Å². The lowest BCUT2D eigenvalue weighted by molar-refractivity contribution is -0.114. The number of hydrazone groups is 1. The maximum atomic E-state index is 13.0. The molecule has 4 rings (SSSR count). The average Bonchev–Trinajstić information content (AvgIpc) is 3.27. The zero-order valence-electron chi connectivity index (χ0n) is 17.3. The fourth-order valence-electron chi connectivity index (χ4n) is 3.45. The number of rotatable bonds is 4. The maximum Gasteiger partial charge on any atom is 0.441 e. The van der Waals surface area contributed by atoms with E-state index in [0.717, 1.165) is 27.8 Å². The Morgan fingerprint density at radius 1 is 1.22 bits per heavy atom. The number of fused-ring (bicyclic) bond motifs is 1. The fraction of sp³-hybridized carbons (Fsp3) is 0.238. The van der Waals surface area contributed by atoms with Gasteiger partial charge in [0, 0.05) is 17.1 Å². The van der Waals surface area contributed by atoms with Crippen LogP contribution in [0.1, 0.15) is 23.9 Å². The number of amides is 1. The monoisotopic (exact) mass is 461 g/mol. The van der Waals surface area contributed by atoms with E-state index in [1.807, 2.05) is 55.7 Å². The largest absolute Gasteiger partial charge is 0.494 e. The number of nitrogens with one attached hydrogen (secondary N) is 1. The van der Waals surface area contributed by atoms with Crippen LogP contribution in [0.25, 0.3) is 11.8 Å². The second-order valence-electron chi connectivity index (χ2n) is 7.01. The number of carbonyl (C=O) groups excluding carboxylic acids is 1. The summed E-state index contributed by atoms with van der Waals surface area (Å²) in [5.41, 5.74) is 3.08. The number of ether oxygens (including phenoxy) is 1. The van der Waals surface area contributed by atoms with Crippen molar-refractivity contribution in [1.82, 2.24) is 9.58 Å². The van der Waals surface area contributed by atoms with Crippen LogP contribution < -0.4 is 4.74 Å². The SMILES string of the molecule is CCOc1ccc(-n2c(C)cc(/C=C3\C(=N)N4N=C(C(F)(F)F)SC4=NC3=O)c2C)cc1. The van der Waals surface area contributed by atoms with Gasteiger partial charge in [0.05, 0.1) is 12.2 Å². The Morgan fingerprint density at radius 3 is 2.53 bits per heavy atom. The third-order valence-corrected chi connectivity index (χ3v) is 5.83. The molecule has 1 N–H and O–H groups in total. The zero-order valence-corrected chi connectivity index (χ0v) is 18.1. The minimum absolute atomic E-state index is 0.131. The van der Waals surface area contributed by atoms with Crippen LogP contribution in [-0.4, -0.2) is 44.3 Å². The lowest BCUT2D eigenvalue weighted by atomic mass is 10.1. The minimum atomic E-state index is -4.68. The summed E-state index contributed by atoms with van der Waals surface area (Å²) in [5, 5.41) is 11.0. The van der Waals surface area contributed by atoms with Gasteiger partial charge in [-0.3, -0.25) is 10.2 Å². The zero-order chi connectivity index (χ0) is 23.2. The van der Waals surface area contributed by atoms with Gasteiger partial charge in [0.1, 0.15) is 5.75 Å². The van der Waals surface area contributed by atoms with Crippen LogP contribution in [0.15, 0.2) is 46.0 Å². The number of carbonyl (C=O) groups is 1. The normalized spacial score (nSPS) is 17.6. The molecule has 0 fully saturated rings. The van der Waals surface area contributed by atoms with Crippen molar-refractivity contribution in [3.63, 3.8) is 0 Å². The van der Waals surface area contributed by atoms with Crippen LogP contribution in [0.4, 0.5) is 13.2 Å². The van der Waals surface area contributed by atoms with E-state index in [4.69, 9.17) is 10.1 Å². The Bertz CT molecular complexity index is 1210. The van der Waals surface area contributed by atoms with Gasteiger partial charge in [0.25, 0.3) is 5.91 Å². The third kappa shape index (κ3) is 3.83. The molecule has 2 aliphatic rings. The van der Waals surface area contributed by atoms with E-state index in [9.17, 15) is 18.0 Å². The van der Waals surface area contributed by atoms with Gasteiger partial charge < -0.3 is 9.30 Å². The van der Waals surface area contributed by atoms with Crippen molar-refractivity contribution in [2.75, 3.05) is 6.61 Å². The van der Waals surface area contributed by atoms with Crippen LogP contribution in [0.2, 0.25) is 0 Å². The number of alkyl halides is 3. The smallest absolute Gasteiger partial charge is 0.441 e. The van der Waals surface area contributed by atoms with Crippen LogP contribution >= 0.6 is 11.8 Å². The van der Waals surface area contributed by atoms with Gasteiger partial charge in [-0.2, -0.15) is 28.3 Å². The number of halogens is 3. The Hall–Kier alpha value is -3.34. The molecule has 32 heavy (non-hydrogen) atoms. The lowest BCUT2D eigenvalue weighted by Crippen LogP contribution is -2.35. The first-order valence-corrected chi connectivity index (χ1v) is 10.4. The number of thioether (sulfide) groups is 1. The van der Waals surface area contributed by atoms with E-state index in [-0.39, 0.29) is 22.5 Å². The molecule has 0 saturated heterocycles. The summed E-state index contributed by atoms with van der Waals surface area (Å²) in [5.74, 6) is -0.478. The molecule has 1 aromatic heterocycles. The first kappa shape index (κ1) is 21.9. The number of nitrogens with zero attached hydrogens (tertiary/aromatic N) is 4. The van der Waals surface area contributed by atoms with Crippen molar-refractivity contribution >= 4 is 39.8 Å². The first-order valence-electron chi connectivity index (χ1n) is 9.59. The summed E-state index contributed by atoms with van der Waals surface area (Å²) in [4.78, 5) is 16.2. The molecule has 0 radical (unpaired) electrons. The number of benzene rings is 1. The van der Waals surface area contributed by atoms with Gasteiger partial charge in [-0.25, -0.2) is 0 Å². The van der Waals surface area contributed by atoms with Gasteiger partial charge in [-0.1, -0.05) is 0 Å². The molecule has 7 nitrogen and oxygen atoms in total. The third-order valence-electron chi connectivity index (χ3n) is 4.87. The number of aryl methyl sites for hydroxylation is 1. The second-order valence-corrected chi connectivity index (χ2v) is 7.97. The Balaban J connectivity index is 1.69. The predicted molar refractivity (Wildman–Crippen MR) is 117 cm³/mol. The number of amidine groups is 2. The number of aromatic nitrogens is 1. The van der Waals surface area contributed by atoms with Gasteiger partial charge in [-0.05, 0) is 74.5 Å². The summed E-state index contributed by atoms with van der Waals surface area (Å²) < 4.78 is 46.4. The highest BCUT2D eigenvalue weighted by Gasteiger charge is 2.46. The molecule has 0 bridgehead atoms. The molecule has 0 atom stereocenters. The van der Waals surface area contributed by atoms with E-state index in [1.165, 1.54) is 6.08 Å². The van der Waals surface area contributed by atoms with E-state index in [1.54, 1.807) is 0 Å². The standard InChI is InChI=1S/C21H18F3N5O2S/c1-4-31-15-7-5-14(6-8-15)28-11(2)9-13(12(28)3)10-16-17(25)29-20(26-18(16)30)32-19(27-29)21(22,23)24/h5-10,25H,4H2,1-3H3/b16-10+,25-17?. The van der Waals surface area contributed by atoms with Crippen LogP contribution in [-0.2, 0) is 4.79 Å². The number of hydrogen-bond acceptors (Lipinski definition) is 5. The van der Waals surface area contributed by atoms with Crippen molar-refractivity contribution in [1.29, 1.82) is 5.41 Å². The summed E-state index contributed by atoms with van der Waals surface area (Å²) in [6.45, 7) is 6.22. The number of hydrogen-bond donors (Lipinski definition) is 1. The molecular formula is C21H18F3N5O2S. The van der Waals surface area contributed by atoms with E-state index in [2.05, 4.69) is 10.1 Å². The molecule has 1 aromatic carbocycles. The summed E-state index contributed by atoms with van der Waals surface area (Å²) in [7, 11) is 0. The highest BCUT2D eigenvalue weighted by molar-refractivity contribution is 8.27. The molecule has 3 heterocycles.